The van der Waals surface area contributed by atoms with Crippen LogP contribution in [0.5, 0.6) is 0 Å². The maximum absolute atomic E-state index is 2.67. The normalized spacial score (nSPS) is 14.9. The van der Waals surface area contributed by atoms with Gasteiger partial charge in [0.2, 0.25) is 0 Å². The van der Waals surface area contributed by atoms with Crippen molar-refractivity contribution in [3.05, 3.63) is 216 Å². The third-order valence-corrected chi connectivity index (χ3v) is 11.8. The van der Waals surface area contributed by atoms with Crippen LogP contribution in [-0.2, 0) is 0 Å². The number of allylic oxidation sites excluding steroid dienone is 3. The summed E-state index contributed by atoms with van der Waals surface area (Å²) < 4.78 is 0. The first-order chi connectivity index (χ1) is 27.6. The third kappa shape index (κ3) is 5.90. The molecule has 2 aliphatic rings. The van der Waals surface area contributed by atoms with Gasteiger partial charge >= 0.3 is 0 Å². The van der Waals surface area contributed by atoms with Gasteiger partial charge in [-0.2, -0.15) is 0 Å². The van der Waals surface area contributed by atoms with E-state index in [1.807, 2.05) is 0 Å². The smallest absolute Gasteiger partial charge is 0.0652 e. The SMILES string of the molecule is Cc1ccc(-c2ccccc2)cc1N(C1=c2ccc3cccc4ccc(c2c43)C(N(C2=CCCC=C2)c2cc(-c3ccccc3)ccc2C)C1)c1ccccc1. The number of anilines is 3. The Morgan fingerprint density at radius 3 is 1.75 bits per heavy atom. The summed E-state index contributed by atoms with van der Waals surface area (Å²) in [6, 6.07) is 62.8. The van der Waals surface area contributed by atoms with Crippen molar-refractivity contribution in [1.29, 1.82) is 0 Å². The van der Waals surface area contributed by atoms with Crippen molar-refractivity contribution in [1.82, 2.24) is 0 Å². The molecule has 0 amide bonds. The van der Waals surface area contributed by atoms with Gasteiger partial charge in [-0.25, -0.2) is 0 Å². The summed E-state index contributed by atoms with van der Waals surface area (Å²) in [7, 11) is 0. The lowest BCUT2D eigenvalue weighted by Gasteiger charge is -2.42. The highest BCUT2D eigenvalue weighted by molar-refractivity contribution is 6.13. The second kappa shape index (κ2) is 14.2. The molecule has 56 heavy (non-hydrogen) atoms. The number of benzene rings is 8. The minimum atomic E-state index is 0.0234. The van der Waals surface area contributed by atoms with Crippen LogP contribution in [0.2, 0.25) is 0 Å². The molecule has 0 aromatic heterocycles. The highest BCUT2D eigenvalue weighted by Crippen LogP contribution is 2.47. The van der Waals surface area contributed by atoms with Crippen LogP contribution in [-0.4, -0.2) is 0 Å². The van der Waals surface area contributed by atoms with Crippen molar-refractivity contribution in [2.45, 2.75) is 39.2 Å². The Hall–Kier alpha value is -6.64. The van der Waals surface area contributed by atoms with E-state index >= 15 is 0 Å². The Labute approximate surface area is 330 Å². The van der Waals surface area contributed by atoms with Gasteiger partial charge in [0.1, 0.15) is 0 Å². The lowest BCUT2D eigenvalue weighted by molar-refractivity contribution is 0.683. The van der Waals surface area contributed by atoms with Gasteiger partial charge in [-0.3, -0.25) is 0 Å². The number of nitrogens with zero attached hydrogens (tertiary/aromatic N) is 2. The van der Waals surface area contributed by atoms with Crippen molar-refractivity contribution in [3.8, 4) is 22.3 Å². The minimum Gasteiger partial charge on any atom is -0.334 e. The molecule has 0 spiro atoms. The molecule has 0 saturated heterocycles. The molecular formula is C54H44N2. The Balaban J connectivity index is 1.27. The summed E-state index contributed by atoms with van der Waals surface area (Å²) in [6.45, 7) is 4.53. The molecule has 0 radical (unpaired) electrons. The summed E-state index contributed by atoms with van der Waals surface area (Å²) in [5.41, 5.74) is 15.0. The van der Waals surface area contributed by atoms with Gasteiger partial charge in [-0.05, 0) is 118 Å². The van der Waals surface area contributed by atoms with E-state index in [0.717, 1.165) is 24.9 Å². The number of rotatable bonds is 8. The lowest BCUT2D eigenvalue weighted by atomic mass is 9.83. The summed E-state index contributed by atoms with van der Waals surface area (Å²) >= 11 is 0. The lowest BCUT2D eigenvalue weighted by Crippen LogP contribution is -2.36. The van der Waals surface area contributed by atoms with E-state index in [-0.39, 0.29) is 6.04 Å². The van der Waals surface area contributed by atoms with Crippen LogP contribution in [0.1, 0.15) is 42.0 Å². The fraction of sp³-hybridized carbons (Fsp3) is 0.111. The summed E-state index contributed by atoms with van der Waals surface area (Å²) in [4.78, 5) is 5.24. The summed E-state index contributed by atoms with van der Waals surface area (Å²) in [5.74, 6) is 0. The first-order valence-electron chi connectivity index (χ1n) is 19.9. The maximum atomic E-state index is 2.67. The number of hydrogen-bond donors (Lipinski definition) is 0. The maximum Gasteiger partial charge on any atom is 0.0652 e. The van der Waals surface area contributed by atoms with Crippen molar-refractivity contribution in [2.24, 2.45) is 0 Å². The largest absolute Gasteiger partial charge is 0.334 e. The fourth-order valence-corrected chi connectivity index (χ4v) is 9.09. The van der Waals surface area contributed by atoms with E-state index in [2.05, 4.69) is 212 Å². The van der Waals surface area contributed by atoms with E-state index in [1.54, 1.807) is 0 Å². The molecule has 8 aromatic rings. The molecule has 8 aromatic carbocycles. The zero-order valence-corrected chi connectivity index (χ0v) is 32.0. The Kier molecular flexibility index (Phi) is 8.60. The number of aryl methyl sites for hydroxylation is 2. The molecule has 0 fully saturated rings. The van der Waals surface area contributed by atoms with Gasteiger partial charge in [0.15, 0.2) is 0 Å². The van der Waals surface area contributed by atoms with E-state index in [0.29, 0.717) is 0 Å². The molecular weight excluding hydrogens is 677 g/mol. The van der Waals surface area contributed by atoms with Crippen molar-refractivity contribution in [3.63, 3.8) is 0 Å². The molecule has 0 N–H and O–H groups in total. The van der Waals surface area contributed by atoms with Crippen molar-refractivity contribution >= 4 is 44.3 Å². The standard InChI is InChI=1S/C54H44N2/c1-37-26-28-43(39-16-7-3-8-17-39)34-49(37)55(45-22-11-5-12-23-45)51-36-52(48-33-31-42-21-15-20-41-30-32-47(51)54(48)53(41)42)56(46-24-13-6-14-25-46)50-35-44(29-27-38(50)2)40-18-9-4-10-19-40/h3-5,7-13,15-35,52H,6,14,36H2,1-2H3. The molecule has 0 saturated carbocycles. The van der Waals surface area contributed by atoms with Crippen molar-refractivity contribution < 1.29 is 0 Å². The van der Waals surface area contributed by atoms with Crippen LogP contribution >= 0.6 is 0 Å². The first kappa shape index (κ1) is 33.9. The van der Waals surface area contributed by atoms with E-state index in [4.69, 9.17) is 0 Å². The molecule has 2 aliphatic carbocycles. The van der Waals surface area contributed by atoms with Crippen LogP contribution in [0.3, 0.4) is 0 Å². The van der Waals surface area contributed by atoms with Gasteiger partial charge in [0, 0.05) is 40.1 Å². The molecule has 0 heterocycles. The minimum absolute atomic E-state index is 0.0234. The molecule has 1 atom stereocenters. The molecule has 1 unspecified atom stereocenters. The second-order valence-electron chi connectivity index (χ2n) is 15.3. The van der Waals surface area contributed by atoms with Crippen molar-refractivity contribution in [2.75, 3.05) is 9.80 Å². The van der Waals surface area contributed by atoms with Crippen LogP contribution in [0.15, 0.2) is 194 Å². The predicted molar refractivity (Wildman–Crippen MR) is 238 cm³/mol. The third-order valence-electron chi connectivity index (χ3n) is 11.8. The average Bonchev–Trinajstić information content (AvgIpc) is 3.26. The second-order valence-corrected chi connectivity index (χ2v) is 15.3. The fourth-order valence-electron chi connectivity index (χ4n) is 9.09. The zero-order valence-electron chi connectivity index (χ0n) is 32.0. The molecule has 10 rings (SSSR count). The monoisotopic (exact) mass is 720 g/mol. The van der Waals surface area contributed by atoms with Gasteiger partial charge in [0.25, 0.3) is 0 Å². The Morgan fingerprint density at radius 2 is 1.11 bits per heavy atom. The van der Waals surface area contributed by atoms with Gasteiger partial charge in [0.05, 0.1) is 6.04 Å². The van der Waals surface area contributed by atoms with Gasteiger partial charge in [-0.15, -0.1) is 0 Å². The van der Waals surface area contributed by atoms with E-state index < -0.39 is 0 Å². The molecule has 0 aliphatic heterocycles. The molecule has 2 nitrogen and oxygen atoms in total. The van der Waals surface area contributed by atoms with E-state index in [9.17, 15) is 0 Å². The predicted octanol–water partition coefficient (Wildman–Crippen LogP) is 13.8. The topological polar surface area (TPSA) is 6.48 Å². The highest BCUT2D eigenvalue weighted by atomic mass is 15.2. The highest BCUT2D eigenvalue weighted by Gasteiger charge is 2.34. The molecule has 270 valence electrons. The van der Waals surface area contributed by atoms with Crippen LogP contribution in [0.25, 0.3) is 49.5 Å². The quantitative estimate of drug-likeness (QED) is 0.154. The van der Waals surface area contributed by atoms with Gasteiger partial charge < -0.3 is 9.80 Å². The molecule has 2 heteroatoms. The first-order valence-corrected chi connectivity index (χ1v) is 19.9. The van der Waals surface area contributed by atoms with Crippen LogP contribution in [0, 0.1) is 13.8 Å². The van der Waals surface area contributed by atoms with Crippen LogP contribution in [0.4, 0.5) is 17.1 Å². The zero-order chi connectivity index (χ0) is 37.6. The number of para-hydroxylation sites is 1. The van der Waals surface area contributed by atoms with Crippen LogP contribution < -0.4 is 15.0 Å². The summed E-state index contributed by atoms with van der Waals surface area (Å²) in [5, 5.41) is 6.56. The summed E-state index contributed by atoms with van der Waals surface area (Å²) in [6.07, 6.45) is 10.1. The number of hydrogen-bond acceptors (Lipinski definition) is 2. The van der Waals surface area contributed by atoms with E-state index in [1.165, 1.54) is 88.5 Å². The Bertz CT molecular complexity index is 2840. The Morgan fingerprint density at radius 1 is 0.500 bits per heavy atom. The average molecular weight is 721 g/mol. The van der Waals surface area contributed by atoms with Gasteiger partial charge in [-0.1, -0.05) is 158 Å². The molecule has 0 bridgehead atoms.